The summed E-state index contributed by atoms with van der Waals surface area (Å²) in [7, 11) is -3.57. The van der Waals surface area contributed by atoms with Gasteiger partial charge in [0.15, 0.2) is 0 Å². The van der Waals surface area contributed by atoms with Crippen molar-refractivity contribution in [3.8, 4) is 0 Å². The van der Waals surface area contributed by atoms with Crippen molar-refractivity contribution < 1.29 is 18.0 Å². The lowest BCUT2D eigenvalue weighted by atomic mass is 10.1. The van der Waals surface area contributed by atoms with Crippen LogP contribution in [0.3, 0.4) is 0 Å². The van der Waals surface area contributed by atoms with Crippen LogP contribution < -0.4 is 9.62 Å². The van der Waals surface area contributed by atoms with E-state index in [1.807, 2.05) is 13.8 Å². The molecule has 2 amide bonds. The van der Waals surface area contributed by atoms with Crippen molar-refractivity contribution in [1.82, 2.24) is 4.90 Å². The lowest BCUT2D eigenvalue weighted by Gasteiger charge is -2.23. The van der Waals surface area contributed by atoms with Gasteiger partial charge in [-0.25, -0.2) is 8.42 Å². The van der Waals surface area contributed by atoms with Gasteiger partial charge in [-0.1, -0.05) is 41.9 Å². The van der Waals surface area contributed by atoms with Crippen LogP contribution in [0, 0.1) is 0 Å². The van der Waals surface area contributed by atoms with Crippen LogP contribution in [-0.4, -0.2) is 44.5 Å². The molecule has 9 heteroatoms. The first-order valence-corrected chi connectivity index (χ1v) is 13.4. The van der Waals surface area contributed by atoms with E-state index in [0.717, 1.165) is 6.26 Å². The molecule has 0 spiro atoms. The third kappa shape index (κ3) is 6.61. The Kier molecular flexibility index (Phi) is 8.53. The largest absolute Gasteiger partial charge is 0.339 e. The molecule has 0 bridgehead atoms. The van der Waals surface area contributed by atoms with Crippen LogP contribution in [0.2, 0.25) is 5.02 Å². The van der Waals surface area contributed by atoms with E-state index in [1.54, 1.807) is 77.7 Å². The van der Waals surface area contributed by atoms with Crippen LogP contribution in [0.15, 0.2) is 72.8 Å². The maximum absolute atomic E-state index is 12.9. The summed E-state index contributed by atoms with van der Waals surface area (Å²) in [5, 5.41) is 3.25. The Bertz CT molecular complexity index is 1310. The zero-order valence-corrected chi connectivity index (χ0v) is 21.4. The summed E-state index contributed by atoms with van der Waals surface area (Å²) in [5.74, 6) is -0.519. The predicted molar refractivity (Wildman–Crippen MR) is 141 cm³/mol. The summed E-state index contributed by atoms with van der Waals surface area (Å²) in [6.07, 6.45) is 1.13. The molecular formula is C26H28ClN3O4S. The van der Waals surface area contributed by atoms with Gasteiger partial charge >= 0.3 is 0 Å². The van der Waals surface area contributed by atoms with E-state index in [2.05, 4.69) is 5.32 Å². The number of benzene rings is 3. The van der Waals surface area contributed by atoms with Gasteiger partial charge in [0, 0.05) is 23.7 Å². The minimum Gasteiger partial charge on any atom is -0.339 e. The summed E-state index contributed by atoms with van der Waals surface area (Å²) >= 11 is 6.04. The molecule has 0 aliphatic rings. The van der Waals surface area contributed by atoms with Crippen LogP contribution in [0.25, 0.3) is 0 Å². The number of sulfonamides is 1. The third-order valence-corrected chi connectivity index (χ3v) is 6.87. The Labute approximate surface area is 211 Å². The SMILES string of the molecule is CCN(CC)C(=O)c1ccccc1NC(=O)c1ccc(CN(c2cccc(Cl)c2)S(C)(=O)=O)cc1. The fourth-order valence-electron chi connectivity index (χ4n) is 3.61. The number of amides is 2. The molecule has 3 rings (SSSR count). The highest BCUT2D eigenvalue weighted by molar-refractivity contribution is 7.92. The molecule has 0 unspecified atom stereocenters. The van der Waals surface area contributed by atoms with Gasteiger partial charge in [-0.2, -0.15) is 0 Å². The Morgan fingerprint density at radius 2 is 1.57 bits per heavy atom. The molecule has 184 valence electrons. The Balaban J connectivity index is 1.78. The highest BCUT2D eigenvalue weighted by atomic mass is 35.5. The smallest absolute Gasteiger partial charge is 0.255 e. The molecule has 0 aliphatic carbocycles. The van der Waals surface area contributed by atoms with E-state index in [1.165, 1.54) is 4.31 Å². The van der Waals surface area contributed by atoms with E-state index < -0.39 is 10.0 Å². The molecule has 0 fully saturated rings. The van der Waals surface area contributed by atoms with Gasteiger partial charge in [0.05, 0.1) is 29.7 Å². The zero-order chi connectivity index (χ0) is 25.6. The second-order valence-corrected chi connectivity index (χ2v) is 10.3. The van der Waals surface area contributed by atoms with Crippen molar-refractivity contribution >= 4 is 44.8 Å². The van der Waals surface area contributed by atoms with Crippen LogP contribution >= 0.6 is 11.6 Å². The van der Waals surface area contributed by atoms with Crippen molar-refractivity contribution in [2.45, 2.75) is 20.4 Å². The quantitative estimate of drug-likeness (QED) is 0.434. The summed E-state index contributed by atoms with van der Waals surface area (Å²) in [4.78, 5) is 27.4. The molecule has 0 heterocycles. The molecule has 35 heavy (non-hydrogen) atoms. The van der Waals surface area contributed by atoms with E-state index >= 15 is 0 Å². The zero-order valence-electron chi connectivity index (χ0n) is 19.9. The van der Waals surface area contributed by atoms with Crippen LogP contribution in [0.4, 0.5) is 11.4 Å². The summed E-state index contributed by atoms with van der Waals surface area (Å²) in [6.45, 7) is 5.03. The molecule has 0 saturated heterocycles. The van der Waals surface area contributed by atoms with Crippen LogP contribution in [0.5, 0.6) is 0 Å². The minimum absolute atomic E-state index is 0.0856. The number of para-hydroxylation sites is 1. The van der Waals surface area contributed by atoms with E-state index in [0.29, 0.717) is 46.2 Å². The van der Waals surface area contributed by atoms with Gasteiger partial charge in [-0.3, -0.25) is 13.9 Å². The number of carbonyl (C=O) groups is 2. The second-order valence-electron chi connectivity index (χ2n) is 7.92. The fourth-order valence-corrected chi connectivity index (χ4v) is 4.68. The molecule has 7 nitrogen and oxygen atoms in total. The first-order chi connectivity index (χ1) is 16.6. The number of halogens is 1. The highest BCUT2D eigenvalue weighted by Gasteiger charge is 2.20. The number of nitrogens with zero attached hydrogens (tertiary/aromatic N) is 2. The Hall–Kier alpha value is -3.36. The second kappa shape index (κ2) is 11.4. The lowest BCUT2D eigenvalue weighted by molar-refractivity contribution is 0.0774. The molecule has 0 saturated carbocycles. The first-order valence-electron chi connectivity index (χ1n) is 11.2. The number of carbonyl (C=O) groups excluding carboxylic acids is 2. The molecule has 3 aromatic carbocycles. The number of anilines is 2. The minimum atomic E-state index is -3.57. The first kappa shape index (κ1) is 26.2. The molecule has 0 atom stereocenters. The Morgan fingerprint density at radius 1 is 0.914 bits per heavy atom. The average Bonchev–Trinajstić information content (AvgIpc) is 2.83. The predicted octanol–water partition coefficient (Wildman–Crippen LogP) is 5.04. The molecule has 1 N–H and O–H groups in total. The van der Waals surface area contributed by atoms with Gasteiger partial charge in [0.25, 0.3) is 11.8 Å². The maximum atomic E-state index is 12.9. The van der Waals surface area contributed by atoms with Crippen molar-refractivity contribution in [3.63, 3.8) is 0 Å². The fraction of sp³-hybridized carbons (Fsp3) is 0.231. The molecule has 3 aromatic rings. The van der Waals surface area contributed by atoms with Gasteiger partial charge in [-0.15, -0.1) is 0 Å². The van der Waals surface area contributed by atoms with Gasteiger partial charge < -0.3 is 10.2 Å². The molecule has 0 radical (unpaired) electrons. The molecule has 0 aliphatic heterocycles. The maximum Gasteiger partial charge on any atom is 0.255 e. The lowest BCUT2D eigenvalue weighted by Crippen LogP contribution is -2.31. The number of hydrogen-bond acceptors (Lipinski definition) is 4. The molecule has 0 aromatic heterocycles. The van der Waals surface area contributed by atoms with E-state index in [4.69, 9.17) is 11.6 Å². The Morgan fingerprint density at radius 3 is 2.17 bits per heavy atom. The van der Waals surface area contributed by atoms with Crippen molar-refractivity contribution in [2.75, 3.05) is 29.0 Å². The monoisotopic (exact) mass is 513 g/mol. The van der Waals surface area contributed by atoms with Crippen molar-refractivity contribution in [3.05, 3.63) is 94.5 Å². The highest BCUT2D eigenvalue weighted by Crippen LogP contribution is 2.24. The standard InChI is InChI=1S/C26H28ClN3O4S/c1-4-29(5-2)26(32)23-11-6-7-12-24(23)28-25(31)20-15-13-19(14-16-20)18-30(35(3,33)34)22-10-8-9-21(27)17-22/h6-17H,4-5,18H2,1-3H3,(H,28,31). The van der Waals surface area contributed by atoms with Gasteiger partial charge in [0.1, 0.15) is 0 Å². The summed E-state index contributed by atoms with van der Waals surface area (Å²) < 4.78 is 26.0. The van der Waals surface area contributed by atoms with Crippen molar-refractivity contribution in [1.29, 1.82) is 0 Å². The van der Waals surface area contributed by atoms with E-state index in [-0.39, 0.29) is 18.4 Å². The number of hydrogen-bond donors (Lipinski definition) is 1. The third-order valence-electron chi connectivity index (χ3n) is 5.50. The van der Waals surface area contributed by atoms with Gasteiger partial charge in [-0.05, 0) is 61.9 Å². The van der Waals surface area contributed by atoms with Gasteiger partial charge in [0.2, 0.25) is 10.0 Å². The number of rotatable bonds is 9. The van der Waals surface area contributed by atoms with E-state index in [9.17, 15) is 18.0 Å². The average molecular weight is 514 g/mol. The summed E-state index contributed by atoms with van der Waals surface area (Å²) in [5.41, 5.74) is 2.39. The topological polar surface area (TPSA) is 86.8 Å². The van der Waals surface area contributed by atoms with Crippen LogP contribution in [-0.2, 0) is 16.6 Å². The normalized spacial score (nSPS) is 11.1. The van der Waals surface area contributed by atoms with Crippen molar-refractivity contribution in [2.24, 2.45) is 0 Å². The van der Waals surface area contributed by atoms with Crippen LogP contribution in [0.1, 0.15) is 40.1 Å². The summed E-state index contributed by atoms with van der Waals surface area (Å²) in [6, 6.07) is 20.2. The number of nitrogens with one attached hydrogen (secondary N) is 1. The molecular weight excluding hydrogens is 486 g/mol.